The molecule has 0 aliphatic carbocycles. The number of ether oxygens (including phenoxy) is 1. The third kappa shape index (κ3) is 4.27. The highest BCUT2D eigenvalue weighted by atomic mass is 19.3. The molecule has 0 aliphatic heterocycles. The predicted molar refractivity (Wildman–Crippen MR) is 115 cm³/mol. The first-order chi connectivity index (χ1) is 15.3. The van der Waals surface area contributed by atoms with Gasteiger partial charge in [0.2, 0.25) is 0 Å². The summed E-state index contributed by atoms with van der Waals surface area (Å²) in [6, 6.07) is 13.4. The Kier molecular flexibility index (Phi) is 5.81. The van der Waals surface area contributed by atoms with Crippen molar-refractivity contribution in [1.29, 1.82) is 0 Å². The highest BCUT2D eigenvalue weighted by molar-refractivity contribution is 5.87. The van der Waals surface area contributed by atoms with Gasteiger partial charge in [-0.15, -0.1) is 0 Å². The SMILES string of the molecule is Cc1nc(NC(C)c2cccc(C(F)F)c2F)c2cc(Oc3ccccc3)c(=O)[nH]c2n1. The highest BCUT2D eigenvalue weighted by Gasteiger charge is 2.21. The van der Waals surface area contributed by atoms with Crippen molar-refractivity contribution in [1.82, 2.24) is 15.0 Å². The van der Waals surface area contributed by atoms with Gasteiger partial charge in [0, 0.05) is 11.6 Å². The van der Waals surface area contributed by atoms with E-state index in [1.165, 1.54) is 18.2 Å². The van der Waals surface area contributed by atoms with E-state index in [0.29, 0.717) is 22.8 Å². The van der Waals surface area contributed by atoms with E-state index in [9.17, 15) is 18.0 Å². The van der Waals surface area contributed by atoms with Crippen molar-refractivity contribution in [3.8, 4) is 11.5 Å². The molecule has 2 heterocycles. The molecule has 0 radical (unpaired) electrons. The van der Waals surface area contributed by atoms with Gasteiger partial charge in [-0.2, -0.15) is 0 Å². The summed E-state index contributed by atoms with van der Waals surface area (Å²) < 4.78 is 46.5. The van der Waals surface area contributed by atoms with Crippen LogP contribution in [0.1, 0.15) is 36.3 Å². The summed E-state index contributed by atoms with van der Waals surface area (Å²) in [6.07, 6.45) is -2.92. The Labute approximate surface area is 181 Å². The fourth-order valence-corrected chi connectivity index (χ4v) is 3.33. The Balaban J connectivity index is 1.74. The lowest BCUT2D eigenvalue weighted by atomic mass is 10.0. The second-order valence-corrected chi connectivity index (χ2v) is 7.18. The van der Waals surface area contributed by atoms with Gasteiger partial charge < -0.3 is 15.0 Å². The van der Waals surface area contributed by atoms with Crippen LogP contribution < -0.4 is 15.6 Å². The molecular weight excluding hydrogens is 421 g/mol. The van der Waals surface area contributed by atoms with Crippen LogP contribution in [-0.4, -0.2) is 15.0 Å². The van der Waals surface area contributed by atoms with Crippen LogP contribution >= 0.6 is 0 Å². The number of fused-ring (bicyclic) bond motifs is 1. The molecule has 4 rings (SSSR count). The average molecular weight is 440 g/mol. The molecular formula is C23H19F3N4O2. The second-order valence-electron chi connectivity index (χ2n) is 7.18. The molecule has 32 heavy (non-hydrogen) atoms. The van der Waals surface area contributed by atoms with E-state index in [1.807, 2.05) is 6.07 Å². The zero-order chi connectivity index (χ0) is 22.8. The van der Waals surface area contributed by atoms with Crippen molar-refractivity contribution in [3.63, 3.8) is 0 Å². The minimum absolute atomic E-state index is 0.0257. The van der Waals surface area contributed by atoms with Crippen molar-refractivity contribution in [3.05, 3.63) is 87.7 Å². The first-order valence-electron chi connectivity index (χ1n) is 9.81. The monoisotopic (exact) mass is 440 g/mol. The molecule has 0 saturated heterocycles. The standard InChI is InChI=1S/C23H19F3N4O2/c1-12(15-9-6-10-16(19(15)24)20(25)26)27-21-17-11-18(32-14-7-4-3-5-8-14)23(31)30-22(17)29-13(2)28-21/h3-12,20H,1-2H3,(H2,27,28,29,30,31). The smallest absolute Gasteiger partial charge is 0.292 e. The maximum Gasteiger partial charge on any atom is 0.292 e. The molecule has 0 spiro atoms. The van der Waals surface area contributed by atoms with Gasteiger partial charge in [0.1, 0.15) is 28.9 Å². The van der Waals surface area contributed by atoms with Crippen molar-refractivity contribution in [2.45, 2.75) is 26.3 Å². The van der Waals surface area contributed by atoms with Gasteiger partial charge in [-0.1, -0.05) is 36.4 Å². The predicted octanol–water partition coefficient (Wildman–Crippen LogP) is 5.67. The zero-order valence-corrected chi connectivity index (χ0v) is 17.2. The number of pyridine rings is 1. The highest BCUT2D eigenvalue weighted by Crippen LogP contribution is 2.31. The number of hydrogen-bond donors (Lipinski definition) is 2. The molecule has 0 saturated carbocycles. The van der Waals surface area contributed by atoms with E-state index in [-0.39, 0.29) is 17.0 Å². The number of H-pyrrole nitrogens is 1. The normalized spacial score (nSPS) is 12.2. The number of hydrogen-bond acceptors (Lipinski definition) is 5. The maximum atomic E-state index is 14.6. The fraction of sp³-hybridized carbons (Fsp3) is 0.174. The summed E-state index contributed by atoms with van der Waals surface area (Å²) in [7, 11) is 0. The molecule has 0 amide bonds. The number of halogens is 3. The minimum Gasteiger partial charge on any atom is -0.452 e. The molecule has 1 unspecified atom stereocenters. The lowest BCUT2D eigenvalue weighted by Gasteiger charge is -2.18. The number of aromatic nitrogens is 3. The van der Waals surface area contributed by atoms with E-state index >= 15 is 0 Å². The molecule has 0 aliphatic rings. The number of anilines is 1. The number of nitrogens with one attached hydrogen (secondary N) is 2. The summed E-state index contributed by atoms with van der Waals surface area (Å²) in [4.78, 5) is 23.7. The van der Waals surface area contributed by atoms with Crippen LogP contribution in [0, 0.1) is 12.7 Å². The van der Waals surface area contributed by atoms with Crippen molar-refractivity contribution in [2.24, 2.45) is 0 Å². The Morgan fingerprint density at radius 3 is 2.47 bits per heavy atom. The first kappa shape index (κ1) is 21.4. The lowest BCUT2D eigenvalue weighted by molar-refractivity contribution is 0.146. The van der Waals surface area contributed by atoms with Gasteiger partial charge in [0.15, 0.2) is 5.75 Å². The Hall–Kier alpha value is -3.88. The molecule has 1 atom stereocenters. The number of nitrogens with zero attached hydrogens (tertiary/aromatic N) is 2. The van der Waals surface area contributed by atoms with Crippen LogP contribution in [0.2, 0.25) is 0 Å². The Morgan fingerprint density at radius 1 is 1.03 bits per heavy atom. The molecule has 164 valence electrons. The number of alkyl halides is 2. The minimum atomic E-state index is -2.92. The topological polar surface area (TPSA) is 79.9 Å². The van der Waals surface area contributed by atoms with Gasteiger partial charge in [-0.3, -0.25) is 4.79 Å². The van der Waals surface area contributed by atoms with E-state index in [0.717, 1.165) is 6.07 Å². The van der Waals surface area contributed by atoms with Gasteiger partial charge in [0.05, 0.1) is 17.0 Å². The van der Waals surface area contributed by atoms with Crippen LogP contribution in [0.5, 0.6) is 11.5 Å². The summed E-state index contributed by atoms with van der Waals surface area (Å²) in [5, 5.41) is 3.47. The summed E-state index contributed by atoms with van der Waals surface area (Å²) >= 11 is 0. The van der Waals surface area contributed by atoms with Crippen LogP contribution in [0.25, 0.3) is 11.0 Å². The quantitative estimate of drug-likeness (QED) is 0.404. The molecule has 4 aromatic rings. The second kappa shape index (κ2) is 8.70. The van der Waals surface area contributed by atoms with Gasteiger partial charge in [-0.25, -0.2) is 23.1 Å². The van der Waals surface area contributed by atoms with Crippen LogP contribution in [0.4, 0.5) is 19.0 Å². The molecule has 2 aromatic heterocycles. The number of benzene rings is 2. The van der Waals surface area contributed by atoms with Crippen molar-refractivity contribution < 1.29 is 17.9 Å². The van der Waals surface area contributed by atoms with E-state index < -0.39 is 29.4 Å². The average Bonchev–Trinajstić information content (AvgIpc) is 2.75. The van der Waals surface area contributed by atoms with Crippen LogP contribution in [-0.2, 0) is 0 Å². The van der Waals surface area contributed by atoms with Crippen molar-refractivity contribution in [2.75, 3.05) is 5.32 Å². The van der Waals surface area contributed by atoms with Crippen molar-refractivity contribution >= 4 is 16.9 Å². The number of para-hydroxylation sites is 1. The van der Waals surface area contributed by atoms with Gasteiger partial charge in [0.25, 0.3) is 12.0 Å². The fourth-order valence-electron chi connectivity index (χ4n) is 3.33. The maximum absolute atomic E-state index is 14.6. The molecule has 6 nitrogen and oxygen atoms in total. The third-order valence-electron chi connectivity index (χ3n) is 4.87. The lowest BCUT2D eigenvalue weighted by Crippen LogP contribution is -2.14. The van der Waals surface area contributed by atoms with Crippen LogP contribution in [0.15, 0.2) is 59.4 Å². The number of rotatable bonds is 6. The van der Waals surface area contributed by atoms with Crippen LogP contribution in [0.3, 0.4) is 0 Å². The summed E-state index contributed by atoms with van der Waals surface area (Å²) in [6.45, 7) is 3.27. The molecule has 0 fully saturated rings. The number of aromatic amines is 1. The van der Waals surface area contributed by atoms with Gasteiger partial charge >= 0.3 is 0 Å². The molecule has 9 heteroatoms. The first-order valence-corrected chi connectivity index (χ1v) is 9.81. The van der Waals surface area contributed by atoms with E-state index in [2.05, 4.69) is 20.3 Å². The summed E-state index contributed by atoms with van der Waals surface area (Å²) in [5.41, 5.74) is -0.811. The summed E-state index contributed by atoms with van der Waals surface area (Å²) in [5.74, 6) is 0.188. The molecule has 2 N–H and O–H groups in total. The third-order valence-corrected chi connectivity index (χ3v) is 4.87. The van der Waals surface area contributed by atoms with E-state index in [4.69, 9.17) is 4.74 Å². The Morgan fingerprint density at radius 2 is 1.75 bits per heavy atom. The largest absolute Gasteiger partial charge is 0.452 e. The Bertz CT molecular complexity index is 1330. The zero-order valence-electron chi connectivity index (χ0n) is 17.2. The van der Waals surface area contributed by atoms with E-state index in [1.54, 1.807) is 38.1 Å². The molecule has 2 aromatic carbocycles. The molecule has 0 bridgehead atoms. The van der Waals surface area contributed by atoms with Gasteiger partial charge in [-0.05, 0) is 26.0 Å². The number of aryl methyl sites for hydroxylation is 1.